The highest BCUT2D eigenvalue weighted by atomic mass is 32.2. The fourth-order valence-electron chi connectivity index (χ4n) is 2.14. The Morgan fingerprint density at radius 2 is 1.95 bits per heavy atom. The number of hydrogen-bond acceptors (Lipinski definition) is 3. The average Bonchev–Trinajstić information content (AvgIpc) is 2.59. The topological polar surface area (TPSA) is 54.3 Å². The number of nitrogens with one attached hydrogen (secondary N) is 1. The van der Waals surface area contributed by atoms with Gasteiger partial charge in [-0.05, 0) is 32.4 Å². The second-order valence-corrected chi connectivity index (χ2v) is 7.22. The number of hydrogen-bond donors (Lipinski definition) is 1. The summed E-state index contributed by atoms with van der Waals surface area (Å²) in [6.07, 6.45) is 0. The minimum absolute atomic E-state index is 0.131. The predicted molar refractivity (Wildman–Crippen MR) is 78.8 cm³/mol. The Bertz CT molecular complexity index is 518. The van der Waals surface area contributed by atoms with E-state index in [1.165, 1.54) is 21.3 Å². The maximum Gasteiger partial charge on any atom is 0.214 e. The molecule has 0 fully saturated rings. The molecule has 0 saturated carbocycles. The Kier molecular flexibility index (Phi) is 5.58. The molecule has 0 unspecified atom stereocenters. The van der Waals surface area contributed by atoms with Crippen molar-refractivity contribution in [3.63, 3.8) is 0 Å². The van der Waals surface area contributed by atoms with E-state index in [1.807, 2.05) is 0 Å². The Hall–Kier alpha value is -0.850. The van der Waals surface area contributed by atoms with Crippen molar-refractivity contribution < 1.29 is 8.42 Å². The van der Waals surface area contributed by atoms with E-state index in [1.54, 1.807) is 14.1 Å². The van der Waals surface area contributed by atoms with Crippen molar-refractivity contribution in [2.24, 2.45) is 0 Å². The quantitative estimate of drug-likeness (QED) is 0.764. The molecule has 0 spiro atoms. The zero-order valence-corrected chi connectivity index (χ0v) is 13.3. The average molecular weight is 287 g/mol. The van der Waals surface area contributed by atoms with E-state index in [-0.39, 0.29) is 5.75 Å². The molecule has 1 heterocycles. The minimum Gasteiger partial charge on any atom is -0.349 e. The lowest BCUT2D eigenvalue weighted by Gasteiger charge is -2.11. The van der Waals surface area contributed by atoms with Crippen molar-refractivity contribution in [2.45, 2.75) is 33.9 Å². The summed E-state index contributed by atoms with van der Waals surface area (Å²) >= 11 is 0. The van der Waals surface area contributed by atoms with E-state index in [4.69, 9.17) is 0 Å². The van der Waals surface area contributed by atoms with Gasteiger partial charge in [0.15, 0.2) is 0 Å². The van der Waals surface area contributed by atoms with Crippen molar-refractivity contribution >= 4 is 10.0 Å². The Balaban J connectivity index is 2.51. The van der Waals surface area contributed by atoms with Crippen molar-refractivity contribution in [1.29, 1.82) is 0 Å². The molecular weight excluding hydrogens is 262 g/mol. The first-order valence-electron chi connectivity index (χ1n) is 6.56. The summed E-state index contributed by atoms with van der Waals surface area (Å²) in [6.45, 7) is 8.47. The lowest BCUT2D eigenvalue weighted by atomic mass is 10.2. The number of rotatable bonds is 7. The smallest absolute Gasteiger partial charge is 0.214 e. The number of aromatic nitrogens is 1. The predicted octanol–water partition coefficient (Wildman–Crippen LogP) is 1.11. The number of aryl methyl sites for hydroxylation is 1. The summed E-state index contributed by atoms with van der Waals surface area (Å²) in [5, 5.41) is 3.20. The summed E-state index contributed by atoms with van der Waals surface area (Å²) in [6, 6.07) is 2.16. The largest absolute Gasteiger partial charge is 0.349 e. The van der Waals surface area contributed by atoms with Gasteiger partial charge < -0.3 is 9.88 Å². The molecule has 0 radical (unpaired) electrons. The van der Waals surface area contributed by atoms with Crippen LogP contribution >= 0.6 is 0 Å². The van der Waals surface area contributed by atoms with Gasteiger partial charge in [-0.25, -0.2) is 12.7 Å². The molecule has 19 heavy (non-hydrogen) atoms. The molecule has 0 aromatic carbocycles. The summed E-state index contributed by atoms with van der Waals surface area (Å²) in [4.78, 5) is 0. The van der Waals surface area contributed by atoms with Crippen LogP contribution in [-0.2, 0) is 23.1 Å². The van der Waals surface area contributed by atoms with E-state index in [0.29, 0.717) is 13.1 Å². The van der Waals surface area contributed by atoms with Crippen molar-refractivity contribution in [3.05, 3.63) is 23.0 Å². The fraction of sp³-hybridized carbons (Fsp3) is 0.692. The number of nitrogens with zero attached hydrogens (tertiary/aromatic N) is 2. The van der Waals surface area contributed by atoms with Gasteiger partial charge in [0, 0.05) is 45.1 Å². The fourth-order valence-corrected chi connectivity index (χ4v) is 2.91. The standard InChI is InChI=1S/C13H25N3O2S/c1-6-16-11(2)9-13(12(16)3)10-14-7-8-19(17,18)15(4)5/h9,14H,6-8,10H2,1-5H3. The highest BCUT2D eigenvalue weighted by Crippen LogP contribution is 2.14. The highest BCUT2D eigenvalue weighted by Gasteiger charge is 2.13. The van der Waals surface area contributed by atoms with Crippen LogP contribution in [0, 0.1) is 13.8 Å². The van der Waals surface area contributed by atoms with Gasteiger partial charge in [0.2, 0.25) is 10.0 Å². The monoisotopic (exact) mass is 287 g/mol. The first-order chi connectivity index (χ1) is 8.79. The van der Waals surface area contributed by atoms with Crippen LogP contribution in [0.15, 0.2) is 6.07 Å². The third-order valence-electron chi connectivity index (χ3n) is 3.40. The summed E-state index contributed by atoms with van der Waals surface area (Å²) in [5.41, 5.74) is 3.74. The Morgan fingerprint density at radius 1 is 1.32 bits per heavy atom. The van der Waals surface area contributed by atoms with Crippen LogP contribution in [0.2, 0.25) is 0 Å². The van der Waals surface area contributed by atoms with Crippen LogP contribution in [0.3, 0.4) is 0 Å². The van der Waals surface area contributed by atoms with Gasteiger partial charge in [-0.1, -0.05) is 0 Å². The maximum atomic E-state index is 11.6. The van der Waals surface area contributed by atoms with Crippen molar-refractivity contribution in [2.75, 3.05) is 26.4 Å². The normalized spacial score (nSPS) is 12.3. The zero-order valence-electron chi connectivity index (χ0n) is 12.5. The van der Waals surface area contributed by atoms with Gasteiger partial charge in [0.25, 0.3) is 0 Å². The van der Waals surface area contributed by atoms with Crippen LogP contribution in [-0.4, -0.2) is 43.7 Å². The zero-order chi connectivity index (χ0) is 14.6. The molecule has 6 heteroatoms. The molecule has 0 atom stereocenters. The minimum atomic E-state index is -3.10. The van der Waals surface area contributed by atoms with Crippen molar-refractivity contribution in [1.82, 2.24) is 14.2 Å². The third kappa shape index (κ3) is 4.06. The van der Waals surface area contributed by atoms with Gasteiger partial charge in [-0.2, -0.15) is 0 Å². The van der Waals surface area contributed by atoms with E-state index in [2.05, 4.69) is 36.7 Å². The molecule has 5 nitrogen and oxygen atoms in total. The SMILES string of the molecule is CCn1c(C)cc(CNCCS(=O)(=O)N(C)C)c1C. The van der Waals surface area contributed by atoms with Crippen molar-refractivity contribution in [3.8, 4) is 0 Å². The molecule has 0 amide bonds. The van der Waals surface area contributed by atoms with Gasteiger partial charge in [0.1, 0.15) is 0 Å². The van der Waals surface area contributed by atoms with Gasteiger partial charge in [0.05, 0.1) is 5.75 Å². The molecule has 110 valence electrons. The van der Waals surface area contributed by atoms with Crippen LogP contribution in [0.4, 0.5) is 0 Å². The molecular formula is C13H25N3O2S. The number of sulfonamides is 1. The molecule has 1 aromatic rings. The van der Waals surface area contributed by atoms with E-state index in [0.717, 1.165) is 6.54 Å². The summed E-state index contributed by atoms with van der Waals surface area (Å²) < 4.78 is 26.7. The molecule has 0 bridgehead atoms. The summed E-state index contributed by atoms with van der Waals surface area (Å²) in [7, 11) is 0.0147. The van der Waals surface area contributed by atoms with Crippen LogP contribution in [0.1, 0.15) is 23.9 Å². The van der Waals surface area contributed by atoms with Gasteiger partial charge >= 0.3 is 0 Å². The molecule has 1 rings (SSSR count). The van der Waals surface area contributed by atoms with Gasteiger partial charge in [-0.3, -0.25) is 0 Å². The lowest BCUT2D eigenvalue weighted by molar-refractivity contribution is 0.517. The molecule has 1 aromatic heterocycles. The molecule has 0 aliphatic heterocycles. The first kappa shape index (κ1) is 16.2. The highest BCUT2D eigenvalue weighted by molar-refractivity contribution is 7.89. The van der Waals surface area contributed by atoms with Crippen LogP contribution < -0.4 is 5.32 Å². The Labute approximate surface area is 116 Å². The molecule has 1 N–H and O–H groups in total. The van der Waals surface area contributed by atoms with E-state index < -0.39 is 10.0 Å². The van der Waals surface area contributed by atoms with E-state index >= 15 is 0 Å². The lowest BCUT2D eigenvalue weighted by Crippen LogP contribution is -2.31. The molecule has 0 saturated heterocycles. The van der Waals surface area contributed by atoms with E-state index in [9.17, 15) is 8.42 Å². The summed E-state index contributed by atoms with van der Waals surface area (Å²) in [5.74, 6) is 0.131. The second kappa shape index (κ2) is 6.54. The molecule has 0 aliphatic rings. The molecule has 0 aliphatic carbocycles. The third-order valence-corrected chi connectivity index (χ3v) is 5.24. The van der Waals surface area contributed by atoms with Gasteiger partial charge in [-0.15, -0.1) is 0 Å². The second-order valence-electron chi connectivity index (χ2n) is 4.92. The van der Waals surface area contributed by atoms with Crippen LogP contribution in [0.5, 0.6) is 0 Å². The Morgan fingerprint density at radius 3 is 2.42 bits per heavy atom. The maximum absolute atomic E-state index is 11.6. The first-order valence-corrected chi connectivity index (χ1v) is 8.17. The van der Waals surface area contributed by atoms with Crippen LogP contribution in [0.25, 0.3) is 0 Å².